The van der Waals surface area contributed by atoms with Crippen molar-refractivity contribution in [1.29, 1.82) is 0 Å². The molecule has 1 aromatic heterocycles. The Bertz CT molecular complexity index is 310. The van der Waals surface area contributed by atoms with Gasteiger partial charge in [0.1, 0.15) is 5.82 Å². The minimum absolute atomic E-state index is 0.00377. The normalized spacial score (nSPS) is 12.9. The van der Waals surface area contributed by atoms with E-state index < -0.39 is 5.82 Å². The summed E-state index contributed by atoms with van der Waals surface area (Å²) in [4.78, 5) is 7.79. The van der Waals surface area contributed by atoms with Gasteiger partial charge in [0, 0.05) is 13.5 Å². The molecule has 1 aromatic rings. The Labute approximate surface area is 87.3 Å². The van der Waals surface area contributed by atoms with Gasteiger partial charge in [-0.2, -0.15) is 0 Å². The van der Waals surface area contributed by atoms with E-state index >= 15 is 0 Å². The highest BCUT2D eigenvalue weighted by atomic mass is 35.5. The van der Waals surface area contributed by atoms with E-state index in [0.29, 0.717) is 12.2 Å². The van der Waals surface area contributed by atoms with E-state index in [1.165, 1.54) is 0 Å². The summed E-state index contributed by atoms with van der Waals surface area (Å²) >= 11 is 5.58. The van der Waals surface area contributed by atoms with Crippen LogP contribution in [0.1, 0.15) is 18.4 Å². The third kappa shape index (κ3) is 2.62. The third-order valence-electron chi connectivity index (χ3n) is 1.90. The molecule has 1 unspecified atom stereocenters. The van der Waals surface area contributed by atoms with E-state index in [1.807, 2.05) is 6.92 Å². The van der Waals surface area contributed by atoms with Crippen molar-refractivity contribution in [2.24, 2.45) is 0 Å². The lowest BCUT2D eigenvalue weighted by Crippen LogP contribution is -2.12. The maximum Gasteiger partial charge on any atom is 0.181 e. The van der Waals surface area contributed by atoms with Gasteiger partial charge in [0.15, 0.2) is 11.0 Å². The number of halogens is 2. The van der Waals surface area contributed by atoms with Gasteiger partial charge in [-0.25, -0.2) is 14.4 Å². The predicted molar refractivity (Wildman–Crippen MR) is 51.9 cm³/mol. The minimum atomic E-state index is -0.555. The molecular formula is C9H12ClFN2O. The van der Waals surface area contributed by atoms with E-state index in [9.17, 15) is 4.39 Å². The van der Waals surface area contributed by atoms with Crippen molar-refractivity contribution >= 4 is 11.6 Å². The van der Waals surface area contributed by atoms with Crippen molar-refractivity contribution < 1.29 is 9.13 Å². The van der Waals surface area contributed by atoms with Crippen LogP contribution in [0.4, 0.5) is 4.39 Å². The summed E-state index contributed by atoms with van der Waals surface area (Å²) in [5, 5.41) is -0.129. The van der Waals surface area contributed by atoms with Crippen LogP contribution in [0.3, 0.4) is 0 Å². The molecule has 0 aliphatic rings. The quantitative estimate of drug-likeness (QED) is 0.730. The van der Waals surface area contributed by atoms with Crippen LogP contribution >= 0.6 is 11.6 Å². The second-order valence-corrected chi connectivity index (χ2v) is 3.44. The molecular weight excluding hydrogens is 207 g/mol. The highest BCUT2D eigenvalue weighted by molar-refractivity contribution is 6.29. The molecule has 0 aromatic carbocycles. The van der Waals surface area contributed by atoms with E-state index in [1.54, 1.807) is 14.0 Å². The zero-order valence-electron chi connectivity index (χ0n) is 8.34. The van der Waals surface area contributed by atoms with Gasteiger partial charge in [0.05, 0.1) is 11.8 Å². The zero-order valence-corrected chi connectivity index (χ0v) is 9.10. The molecule has 0 aliphatic carbocycles. The zero-order chi connectivity index (χ0) is 10.7. The van der Waals surface area contributed by atoms with Gasteiger partial charge in [-0.15, -0.1) is 0 Å². The first-order valence-corrected chi connectivity index (χ1v) is 4.63. The number of aryl methyl sites for hydroxylation is 1. The molecule has 1 rings (SSSR count). The third-order valence-corrected chi connectivity index (χ3v) is 2.15. The van der Waals surface area contributed by atoms with E-state index in [-0.39, 0.29) is 17.0 Å². The fraction of sp³-hybridized carbons (Fsp3) is 0.556. The Balaban J connectivity index is 2.89. The standard InChI is InChI=1S/C9H12ClFN2O/c1-5(14-3)4-7-12-6(2)8(11)9(10)13-7/h5H,4H2,1-3H3. The van der Waals surface area contributed by atoms with Crippen molar-refractivity contribution in [3.8, 4) is 0 Å². The summed E-state index contributed by atoms with van der Waals surface area (Å²) in [6.45, 7) is 3.44. The molecule has 0 aliphatic heterocycles. The molecule has 3 nitrogen and oxygen atoms in total. The largest absolute Gasteiger partial charge is 0.381 e. The Morgan fingerprint density at radius 2 is 2.14 bits per heavy atom. The van der Waals surface area contributed by atoms with Crippen LogP contribution in [0.15, 0.2) is 0 Å². The summed E-state index contributed by atoms with van der Waals surface area (Å²) in [6, 6.07) is 0. The fourth-order valence-electron chi connectivity index (χ4n) is 1.01. The first-order chi connectivity index (χ1) is 6.54. The predicted octanol–water partition coefficient (Wildman–Crippen LogP) is 2.15. The van der Waals surface area contributed by atoms with Gasteiger partial charge >= 0.3 is 0 Å². The lowest BCUT2D eigenvalue weighted by molar-refractivity contribution is 0.117. The number of aromatic nitrogens is 2. The Kier molecular flexibility index (Phi) is 3.77. The first kappa shape index (κ1) is 11.3. The Morgan fingerprint density at radius 3 is 2.64 bits per heavy atom. The molecule has 5 heteroatoms. The highest BCUT2D eigenvalue weighted by Gasteiger charge is 2.11. The topological polar surface area (TPSA) is 35.0 Å². The van der Waals surface area contributed by atoms with Crippen LogP contribution in [0.5, 0.6) is 0 Å². The van der Waals surface area contributed by atoms with E-state index in [0.717, 1.165) is 0 Å². The van der Waals surface area contributed by atoms with Gasteiger partial charge in [0.2, 0.25) is 0 Å². The summed E-state index contributed by atoms with van der Waals surface area (Å²) in [5.74, 6) is -0.0521. The Morgan fingerprint density at radius 1 is 1.50 bits per heavy atom. The van der Waals surface area contributed by atoms with Crippen molar-refractivity contribution in [3.63, 3.8) is 0 Å². The minimum Gasteiger partial charge on any atom is -0.381 e. The molecule has 78 valence electrons. The number of nitrogens with zero attached hydrogens (tertiary/aromatic N) is 2. The number of ether oxygens (including phenoxy) is 1. The van der Waals surface area contributed by atoms with Crippen LogP contribution in [-0.2, 0) is 11.2 Å². The van der Waals surface area contributed by atoms with Gasteiger partial charge < -0.3 is 4.74 Å². The molecule has 1 heterocycles. The van der Waals surface area contributed by atoms with Crippen molar-refractivity contribution in [1.82, 2.24) is 9.97 Å². The second kappa shape index (κ2) is 4.66. The van der Waals surface area contributed by atoms with E-state index in [2.05, 4.69) is 9.97 Å². The SMILES string of the molecule is COC(C)Cc1nc(C)c(F)c(Cl)n1. The van der Waals surface area contributed by atoms with Crippen molar-refractivity contribution in [2.75, 3.05) is 7.11 Å². The molecule has 0 radical (unpaired) electrons. The lowest BCUT2D eigenvalue weighted by Gasteiger charge is -2.08. The molecule has 1 atom stereocenters. The molecule has 14 heavy (non-hydrogen) atoms. The summed E-state index contributed by atoms with van der Waals surface area (Å²) < 4.78 is 18.1. The first-order valence-electron chi connectivity index (χ1n) is 4.26. The number of hydrogen-bond acceptors (Lipinski definition) is 3. The molecule has 0 N–H and O–H groups in total. The average molecular weight is 219 g/mol. The second-order valence-electron chi connectivity index (χ2n) is 3.08. The number of methoxy groups -OCH3 is 1. The lowest BCUT2D eigenvalue weighted by atomic mass is 10.2. The van der Waals surface area contributed by atoms with Gasteiger partial charge in [-0.1, -0.05) is 11.6 Å². The highest BCUT2D eigenvalue weighted by Crippen LogP contribution is 2.14. The van der Waals surface area contributed by atoms with Crippen LogP contribution in [-0.4, -0.2) is 23.2 Å². The Hall–Kier alpha value is -0.740. The molecule has 0 amide bonds. The van der Waals surface area contributed by atoms with Crippen LogP contribution < -0.4 is 0 Å². The fourth-order valence-corrected chi connectivity index (χ4v) is 1.25. The van der Waals surface area contributed by atoms with Crippen LogP contribution in [0.2, 0.25) is 5.15 Å². The van der Waals surface area contributed by atoms with Crippen LogP contribution in [0, 0.1) is 12.7 Å². The average Bonchev–Trinajstić information content (AvgIpc) is 2.14. The molecule has 0 saturated carbocycles. The van der Waals surface area contributed by atoms with Crippen LogP contribution in [0.25, 0.3) is 0 Å². The van der Waals surface area contributed by atoms with Gasteiger partial charge in [0.25, 0.3) is 0 Å². The molecule has 0 spiro atoms. The summed E-state index contributed by atoms with van der Waals surface area (Å²) in [6.07, 6.45) is 0.521. The molecule has 0 bridgehead atoms. The number of rotatable bonds is 3. The maximum absolute atomic E-state index is 13.0. The van der Waals surface area contributed by atoms with Gasteiger partial charge in [-0.3, -0.25) is 0 Å². The smallest absolute Gasteiger partial charge is 0.181 e. The maximum atomic E-state index is 13.0. The van der Waals surface area contributed by atoms with Crippen molar-refractivity contribution in [3.05, 3.63) is 22.5 Å². The summed E-state index contributed by atoms with van der Waals surface area (Å²) in [7, 11) is 1.60. The van der Waals surface area contributed by atoms with Crippen molar-refractivity contribution in [2.45, 2.75) is 26.4 Å². The molecule has 0 fully saturated rings. The van der Waals surface area contributed by atoms with E-state index in [4.69, 9.17) is 16.3 Å². The van der Waals surface area contributed by atoms with Gasteiger partial charge in [-0.05, 0) is 13.8 Å². The summed E-state index contributed by atoms with van der Waals surface area (Å²) in [5.41, 5.74) is 0.267. The monoisotopic (exact) mass is 218 g/mol. The molecule has 0 saturated heterocycles. The number of hydrogen-bond donors (Lipinski definition) is 0.